The molecule has 1 heterocycles. The van der Waals surface area contributed by atoms with Crippen LogP contribution >= 0.6 is 22.9 Å². The topological polar surface area (TPSA) is 59.1 Å². The highest BCUT2D eigenvalue weighted by atomic mass is 35.5. The van der Waals surface area contributed by atoms with Gasteiger partial charge in [0.25, 0.3) is 0 Å². The van der Waals surface area contributed by atoms with Gasteiger partial charge in [-0.2, -0.15) is 0 Å². The standard InChI is InChI=1S/C11H9ClF2N2O2S2/c1-20(17,18)7-2-8(13)10(9(14)3-7)15-4-6-5-16-11(12)19-6/h2-3,5,15H,4H2,1H3. The molecule has 1 aromatic carbocycles. The maximum atomic E-state index is 13.7. The Morgan fingerprint density at radius 2 is 1.95 bits per heavy atom. The number of nitrogens with one attached hydrogen (secondary N) is 1. The Balaban J connectivity index is 2.25. The van der Waals surface area contributed by atoms with E-state index in [2.05, 4.69) is 10.3 Å². The van der Waals surface area contributed by atoms with Gasteiger partial charge < -0.3 is 5.32 Å². The van der Waals surface area contributed by atoms with Gasteiger partial charge in [-0.25, -0.2) is 22.2 Å². The number of benzene rings is 1. The minimum Gasteiger partial charge on any atom is -0.375 e. The quantitative estimate of drug-likeness (QED) is 0.930. The Hall–Kier alpha value is -1.25. The van der Waals surface area contributed by atoms with E-state index in [4.69, 9.17) is 11.6 Å². The summed E-state index contributed by atoms with van der Waals surface area (Å²) in [6.45, 7) is 0.135. The van der Waals surface area contributed by atoms with Crippen LogP contribution in [0.1, 0.15) is 4.88 Å². The van der Waals surface area contributed by atoms with Crippen molar-refractivity contribution in [3.05, 3.63) is 39.3 Å². The summed E-state index contributed by atoms with van der Waals surface area (Å²) in [4.78, 5) is 4.09. The molecule has 2 rings (SSSR count). The lowest BCUT2D eigenvalue weighted by Gasteiger charge is -2.09. The molecule has 108 valence electrons. The number of thiazole rings is 1. The van der Waals surface area contributed by atoms with Crippen LogP contribution in [-0.4, -0.2) is 19.7 Å². The molecule has 0 fully saturated rings. The lowest BCUT2D eigenvalue weighted by Crippen LogP contribution is -2.06. The molecule has 1 N–H and O–H groups in total. The Kier molecular flexibility index (Phi) is 4.26. The van der Waals surface area contributed by atoms with Gasteiger partial charge in [-0.1, -0.05) is 11.6 Å². The predicted molar refractivity (Wildman–Crippen MR) is 73.9 cm³/mol. The van der Waals surface area contributed by atoms with Crippen LogP contribution in [0.3, 0.4) is 0 Å². The maximum Gasteiger partial charge on any atom is 0.183 e. The number of anilines is 1. The van der Waals surface area contributed by atoms with Crippen LogP contribution in [0, 0.1) is 11.6 Å². The number of nitrogens with zero attached hydrogens (tertiary/aromatic N) is 1. The predicted octanol–water partition coefficient (Wildman–Crippen LogP) is 3.09. The zero-order valence-corrected chi connectivity index (χ0v) is 12.5. The summed E-state index contributed by atoms with van der Waals surface area (Å²) in [5, 5.41) is 2.56. The summed E-state index contributed by atoms with van der Waals surface area (Å²) >= 11 is 6.82. The first-order valence-electron chi connectivity index (χ1n) is 5.30. The Bertz CT molecular complexity index is 724. The molecule has 0 radical (unpaired) electrons. The summed E-state index contributed by atoms with van der Waals surface area (Å²) in [5.41, 5.74) is -0.387. The van der Waals surface area contributed by atoms with E-state index in [1.165, 1.54) is 17.5 Å². The van der Waals surface area contributed by atoms with Crippen LogP contribution in [0.4, 0.5) is 14.5 Å². The van der Waals surface area contributed by atoms with Gasteiger partial charge in [-0.05, 0) is 12.1 Å². The highest BCUT2D eigenvalue weighted by Crippen LogP contribution is 2.25. The van der Waals surface area contributed by atoms with Crippen LogP contribution in [0.15, 0.2) is 23.2 Å². The highest BCUT2D eigenvalue weighted by molar-refractivity contribution is 7.90. The van der Waals surface area contributed by atoms with E-state index in [0.717, 1.165) is 18.4 Å². The van der Waals surface area contributed by atoms with Crippen LogP contribution in [-0.2, 0) is 16.4 Å². The third-order valence-corrected chi connectivity index (χ3v) is 4.62. The molecular weight excluding hydrogens is 330 g/mol. The Morgan fingerprint density at radius 1 is 1.35 bits per heavy atom. The van der Waals surface area contributed by atoms with E-state index in [9.17, 15) is 17.2 Å². The fourth-order valence-corrected chi connectivity index (χ4v) is 3.03. The van der Waals surface area contributed by atoms with Crippen molar-refractivity contribution in [1.82, 2.24) is 4.98 Å². The van der Waals surface area contributed by atoms with Gasteiger partial charge in [0.15, 0.2) is 25.9 Å². The maximum absolute atomic E-state index is 13.7. The van der Waals surface area contributed by atoms with Gasteiger partial charge in [0.05, 0.1) is 11.4 Å². The monoisotopic (exact) mass is 338 g/mol. The minimum absolute atomic E-state index is 0.135. The molecule has 0 aliphatic rings. The van der Waals surface area contributed by atoms with Crippen molar-refractivity contribution in [3.63, 3.8) is 0 Å². The molecule has 0 aliphatic heterocycles. The molecule has 1 aromatic heterocycles. The molecule has 0 spiro atoms. The average Bonchev–Trinajstić information content (AvgIpc) is 2.72. The van der Waals surface area contributed by atoms with E-state index in [1.807, 2.05) is 0 Å². The van der Waals surface area contributed by atoms with Crippen LogP contribution < -0.4 is 5.32 Å². The Morgan fingerprint density at radius 3 is 2.40 bits per heavy atom. The van der Waals surface area contributed by atoms with Gasteiger partial charge in [-0.15, -0.1) is 11.3 Å². The van der Waals surface area contributed by atoms with E-state index >= 15 is 0 Å². The molecular formula is C11H9ClF2N2O2S2. The van der Waals surface area contributed by atoms with Crippen LogP contribution in [0.5, 0.6) is 0 Å². The third-order valence-electron chi connectivity index (χ3n) is 2.41. The minimum atomic E-state index is -3.66. The zero-order valence-electron chi connectivity index (χ0n) is 10.2. The second kappa shape index (κ2) is 5.63. The van der Waals surface area contributed by atoms with E-state index in [0.29, 0.717) is 9.34 Å². The number of sulfone groups is 1. The normalized spacial score (nSPS) is 11.6. The number of hydrogen-bond donors (Lipinski definition) is 1. The molecule has 4 nitrogen and oxygen atoms in total. The van der Waals surface area contributed by atoms with Crippen LogP contribution in [0.2, 0.25) is 4.47 Å². The van der Waals surface area contributed by atoms with E-state index in [-0.39, 0.29) is 12.2 Å². The van der Waals surface area contributed by atoms with Gasteiger partial charge in [0.2, 0.25) is 0 Å². The number of aromatic nitrogens is 1. The molecule has 0 unspecified atom stereocenters. The molecule has 9 heteroatoms. The van der Waals surface area contributed by atoms with Crippen molar-refractivity contribution in [2.45, 2.75) is 11.4 Å². The fourth-order valence-electron chi connectivity index (χ4n) is 1.47. The average molecular weight is 339 g/mol. The zero-order chi connectivity index (χ0) is 14.9. The smallest absolute Gasteiger partial charge is 0.183 e. The molecule has 20 heavy (non-hydrogen) atoms. The first-order valence-corrected chi connectivity index (χ1v) is 8.39. The van der Waals surface area contributed by atoms with Crippen LogP contribution in [0.25, 0.3) is 0 Å². The second-order valence-electron chi connectivity index (χ2n) is 3.97. The number of halogens is 3. The fraction of sp³-hybridized carbons (Fsp3) is 0.182. The van der Waals surface area contributed by atoms with Gasteiger partial charge >= 0.3 is 0 Å². The molecule has 0 saturated heterocycles. The molecule has 0 aliphatic carbocycles. The highest BCUT2D eigenvalue weighted by Gasteiger charge is 2.16. The summed E-state index contributed by atoms with van der Waals surface area (Å²) in [7, 11) is -3.66. The second-order valence-corrected chi connectivity index (χ2v) is 7.68. The van der Waals surface area contributed by atoms with Crippen molar-refractivity contribution in [3.8, 4) is 0 Å². The van der Waals surface area contributed by atoms with E-state index in [1.54, 1.807) is 0 Å². The molecule has 2 aromatic rings. The van der Waals surface area contributed by atoms with Crippen molar-refractivity contribution in [2.24, 2.45) is 0 Å². The SMILES string of the molecule is CS(=O)(=O)c1cc(F)c(NCc2cnc(Cl)s2)c(F)c1. The van der Waals surface area contributed by atoms with Gasteiger partial charge in [0, 0.05) is 17.3 Å². The summed E-state index contributed by atoms with van der Waals surface area (Å²) < 4.78 is 50.3. The summed E-state index contributed by atoms with van der Waals surface area (Å²) in [6.07, 6.45) is 2.37. The third kappa shape index (κ3) is 3.44. The lowest BCUT2D eigenvalue weighted by molar-refractivity contribution is 0.572. The Labute approximate surface area is 123 Å². The van der Waals surface area contributed by atoms with Crippen molar-refractivity contribution < 1.29 is 17.2 Å². The molecule has 0 bridgehead atoms. The van der Waals surface area contributed by atoms with Gasteiger partial charge in [0.1, 0.15) is 5.69 Å². The summed E-state index contributed by atoms with van der Waals surface area (Å²) in [6, 6.07) is 1.56. The summed E-state index contributed by atoms with van der Waals surface area (Å²) in [5.74, 6) is -1.94. The molecule has 0 saturated carbocycles. The first-order chi connectivity index (χ1) is 9.27. The van der Waals surface area contributed by atoms with Crippen molar-refractivity contribution in [2.75, 3.05) is 11.6 Å². The van der Waals surface area contributed by atoms with Crippen molar-refractivity contribution >= 4 is 38.5 Å². The van der Waals surface area contributed by atoms with Crippen molar-refractivity contribution in [1.29, 1.82) is 0 Å². The molecule has 0 atom stereocenters. The van der Waals surface area contributed by atoms with Gasteiger partial charge in [-0.3, -0.25) is 0 Å². The van der Waals surface area contributed by atoms with E-state index < -0.39 is 26.4 Å². The lowest BCUT2D eigenvalue weighted by atomic mass is 10.3. The molecule has 0 amide bonds. The number of hydrogen-bond acceptors (Lipinski definition) is 5. The number of rotatable bonds is 4. The largest absolute Gasteiger partial charge is 0.375 e. The first kappa shape index (κ1) is 15.1.